The summed E-state index contributed by atoms with van der Waals surface area (Å²) in [6, 6.07) is 21.6. The molecular weight excluding hydrogens is 380 g/mol. The molecule has 0 N–H and O–H groups in total. The summed E-state index contributed by atoms with van der Waals surface area (Å²) in [5.74, 6) is 1.08. The van der Waals surface area contributed by atoms with Crippen molar-refractivity contribution in [2.75, 3.05) is 38.1 Å². The van der Waals surface area contributed by atoms with E-state index in [0.29, 0.717) is 0 Å². The van der Waals surface area contributed by atoms with E-state index in [-0.39, 0.29) is 0 Å². The number of anilines is 1. The summed E-state index contributed by atoms with van der Waals surface area (Å²) in [6.07, 6.45) is 4.35. The van der Waals surface area contributed by atoms with Gasteiger partial charge in [-0.1, -0.05) is 62.4 Å². The predicted molar refractivity (Wildman–Crippen MR) is 133 cm³/mol. The number of benzene rings is 2. The van der Waals surface area contributed by atoms with Gasteiger partial charge in [-0.2, -0.15) is 0 Å². The van der Waals surface area contributed by atoms with Crippen molar-refractivity contribution in [2.24, 2.45) is 0 Å². The second-order valence-corrected chi connectivity index (χ2v) is 8.28. The fraction of sp³-hybridized carbons (Fsp3) is 0.370. The number of hydrogen-bond acceptors (Lipinski definition) is 3. The number of para-hydroxylation sites is 1. The largest absolute Gasteiger partial charge is 0.358 e. The zero-order valence-electron chi connectivity index (χ0n) is 19.1. The Kier molecular flexibility index (Phi) is 6.88. The van der Waals surface area contributed by atoms with Crippen molar-refractivity contribution in [1.29, 1.82) is 0 Å². The van der Waals surface area contributed by atoms with Gasteiger partial charge in [0.05, 0.1) is 5.52 Å². The summed E-state index contributed by atoms with van der Waals surface area (Å²) in [7, 11) is 2.18. The number of aromatic nitrogens is 2. The highest BCUT2D eigenvalue weighted by molar-refractivity contribution is 6.11. The van der Waals surface area contributed by atoms with Gasteiger partial charge in [-0.05, 0) is 50.2 Å². The van der Waals surface area contributed by atoms with Crippen LogP contribution >= 0.6 is 0 Å². The van der Waals surface area contributed by atoms with E-state index in [1.54, 1.807) is 0 Å². The van der Waals surface area contributed by atoms with Gasteiger partial charge in [0.2, 0.25) is 0 Å². The monoisotopic (exact) mass is 414 g/mol. The fourth-order valence-electron chi connectivity index (χ4n) is 4.52. The van der Waals surface area contributed by atoms with E-state index in [9.17, 15) is 0 Å². The smallest absolute Gasteiger partial charge is 0.152 e. The third-order valence-electron chi connectivity index (χ3n) is 6.32. The second kappa shape index (κ2) is 9.97. The Balaban J connectivity index is 1.66. The Morgan fingerprint density at radius 3 is 2.29 bits per heavy atom. The number of fused-ring (bicyclic) bond motifs is 3. The molecular formula is C27H34N4. The van der Waals surface area contributed by atoms with Gasteiger partial charge in [0, 0.05) is 42.6 Å². The van der Waals surface area contributed by atoms with Crippen molar-refractivity contribution in [3.8, 4) is 0 Å². The maximum atomic E-state index is 4.85. The molecule has 4 aromatic rings. The van der Waals surface area contributed by atoms with Crippen LogP contribution in [0.3, 0.4) is 0 Å². The Bertz CT molecular complexity index is 1110. The standard InChI is InChI=1S/C27H34N4/c1-4-30(5-2)20-12-11-19-29(3)27-26-24(17-18-28-27)23-15-9-10-16-25(23)31(26)21-22-13-7-6-8-14-22/h6-10,13-18H,4-5,11-12,19-21H2,1-3H3. The Morgan fingerprint density at radius 1 is 0.806 bits per heavy atom. The van der Waals surface area contributed by atoms with E-state index in [2.05, 4.69) is 95.9 Å². The molecule has 0 spiro atoms. The van der Waals surface area contributed by atoms with Gasteiger partial charge in [-0.3, -0.25) is 0 Å². The van der Waals surface area contributed by atoms with Crippen LogP contribution in [-0.2, 0) is 6.54 Å². The number of hydrogen-bond donors (Lipinski definition) is 0. The van der Waals surface area contributed by atoms with Crippen LogP contribution in [0.4, 0.5) is 5.82 Å². The van der Waals surface area contributed by atoms with E-state index in [4.69, 9.17) is 4.98 Å². The predicted octanol–water partition coefficient (Wildman–Crippen LogP) is 5.80. The SMILES string of the molecule is CCN(CC)CCCCN(C)c1nccc2c3ccccc3n(Cc3ccccc3)c12. The van der Waals surface area contributed by atoms with E-state index in [1.807, 2.05) is 6.20 Å². The van der Waals surface area contributed by atoms with E-state index in [1.165, 1.54) is 46.8 Å². The molecule has 0 atom stereocenters. The molecule has 2 heterocycles. The summed E-state index contributed by atoms with van der Waals surface area (Å²) in [5.41, 5.74) is 3.81. The van der Waals surface area contributed by atoms with E-state index in [0.717, 1.165) is 32.0 Å². The molecule has 0 aliphatic carbocycles. The molecule has 4 nitrogen and oxygen atoms in total. The highest BCUT2D eigenvalue weighted by atomic mass is 15.2. The Morgan fingerprint density at radius 2 is 1.52 bits per heavy atom. The van der Waals surface area contributed by atoms with Gasteiger partial charge in [0.1, 0.15) is 0 Å². The average Bonchev–Trinajstić information content (AvgIpc) is 3.13. The molecule has 2 aromatic carbocycles. The molecule has 0 saturated heterocycles. The molecule has 0 bridgehead atoms. The summed E-state index contributed by atoms with van der Waals surface area (Å²) in [6.45, 7) is 9.78. The maximum absolute atomic E-state index is 4.85. The number of unbranched alkanes of at least 4 members (excludes halogenated alkanes) is 1. The van der Waals surface area contributed by atoms with Gasteiger partial charge in [0.15, 0.2) is 5.82 Å². The fourth-order valence-corrected chi connectivity index (χ4v) is 4.52. The molecule has 0 aliphatic rings. The first-order chi connectivity index (χ1) is 15.2. The zero-order valence-corrected chi connectivity index (χ0v) is 19.1. The van der Waals surface area contributed by atoms with Crippen molar-refractivity contribution in [2.45, 2.75) is 33.2 Å². The van der Waals surface area contributed by atoms with Crippen molar-refractivity contribution >= 4 is 27.6 Å². The van der Waals surface area contributed by atoms with Crippen LogP contribution in [0.25, 0.3) is 21.8 Å². The van der Waals surface area contributed by atoms with Gasteiger partial charge in [0.25, 0.3) is 0 Å². The van der Waals surface area contributed by atoms with Crippen molar-refractivity contribution in [3.63, 3.8) is 0 Å². The minimum Gasteiger partial charge on any atom is -0.358 e. The van der Waals surface area contributed by atoms with Gasteiger partial charge in [-0.25, -0.2) is 4.98 Å². The highest BCUT2D eigenvalue weighted by Crippen LogP contribution is 2.34. The quantitative estimate of drug-likeness (QED) is 0.307. The molecule has 0 unspecified atom stereocenters. The number of rotatable bonds is 10. The first-order valence-corrected chi connectivity index (χ1v) is 11.6. The van der Waals surface area contributed by atoms with Gasteiger partial charge in [-0.15, -0.1) is 0 Å². The molecule has 0 amide bonds. The Hall–Kier alpha value is -2.85. The van der Waals surface area contributed by atoms with Crippen LogP contribution in [0.15, 0.2) is 66.9 Å². The number of pyridine rings is 1. The molecule has 0 saturated carbocycles. The van der Waals surface area contributed by atoms with Crippen LogP contribution in [0, 0.1) is 0 Å². The first-order valence-electron chi connectivity index (χ1n) is 11.6. The lowest BCUT2D eigenvalue weighted by Gasteiger charge is -2.22. The lowest BCUT2D eigenvalue weighted by Crippen LogP contribution is -2.26. The van der Waals surface area contributed by atoms with Crippen LogP contribution in [0.1, 0.15) is 32.3 Å². The molecule has 0 fully saturated rings. The second-order valence-electron chi connectivity index (χ2n) is 8.28. The topological polar surface area (TPSA) is 24.3 Å². The first kappa shape index (κ1) is 21.4. The summed E-state index contributed by atoms with van der Waals surface area (Å²) in [5, 5.41) is 2.58. The van der Waals surface area contributed by atoms with Crippen LogP contribution in [0.5, 0.6) is 0 Å². The van der Waals surface area contributed by atoms with Crippen molar-refractivity contribution < 1.29 is 0 Å². The van der Waals surface area contributed by atoms with Gasteiger partial charge >= 0.3 is 0 Å². The lowest BCUT2D eigenvalue weighted by molar-refractivity contribution is 0.297. The normalized spacial score (nSPS) is 11.6. The molecule has 2 aromatic heterocycles. The highest BCUT2D eigenvalue weighted by Gasteiger charge is 2.17. The number of nitrogens with zero attached hydrogens (tertiary/aromatic N) is 4. The average molecular weight is 415 g/mol. The summed E-state index contributed by atoms with van der Waals surface area (Å²) in [4.78, 5) is 9.68. The van der Waals surface area contributed by atoms with Crippen LogP contribution in [0.2, 0.25) is 0 Å². The Labute approximate surface area is 186 Å². The molecule has 162 valence electrons. The van der Waals surface area contributed by atoms with Gasteiger partial charge < -0.3 is 14.4 Å². The molecule has 4 rings (SSSR count). The molecule has 4 heteroatoms. The molecule has 31 heavy (non-hydrogen) atoms. The van der Waals surface area contributed by atoms with Crippen LogP contribution in [-0.4, -0.2) is 47.7 Å². The molecule has 0 radical (unpaired) electrons. The summed E-state index contributed by atoms with van der Waals surface area (Å²) >= 11 is 0. The third-order valence-corrected chi connectivity index (χ3v) is 6.32. The summed E-state index contributed by atoms with van der Waals surface area (Å²) < 4.78 is 2.44. The van der Waals surface area contributed by atoms with E-state index < -0.39 is 0 Å². The lowest BCUT2D eigenvalue weighted by atomic mass is 10.2. The molecule has 0 aliphatic heterocycles. The van der Waals surface area contributed by atoms with Crippen LogP contribution < -0.4 is 4.90 Å². The third kappa shape index (κ3) is 4.59. The minimum absolute atomic E-state index is 0.847. The van der Waals surface area contributed by atoms with E-state index >= 15 is 0 Å². The zero-order chi connectivity index (χ0) is 21.6. The van der Waals surface area contributed by atoms with Crippen molar-refractivity contribution in [1.82, 2.24) is 14.5 Å². The minimum atomic E-state index is 0.847. The maximum Gasteiger partial charge on any atom is 0.152 e. The van der Waals surface area contributed by atoms with Crippen molar-refractivity contribution in [3.05, 3.63) is 72.4 Å².